The van der Waals surface area contributed by atoms with E-state index in [0.29, 0.717) is 12.1 Å². The van der Waals surface area contributed by atoms with E-state index in [9.17, 15) is 5.11 Å². The lowest BCUT2D eigenvalue weighted by molar-refractivity contribution is 0.227. The van der Waals surface area contributed by atoms with Crippen molar-refractivity contribution in [2.24, 2.45) is 10.9 Å². The third kappa shape index (κ3) is 3.36. The molecule has 0 amide bonds. The van der Waals surface area contributed by atoms with E-state index in [1.165, 1.54) is 0 Å². The fourth-order valence-electron chi connectivity index (χ4n) is 1.50. The van der Waals surface area contributed by atoms with Crippen molar-refractivity contribution in [2.75, 3.05) is 0 Å². The Labute approximate surface area is 90.6 Å². The smallest absolute Gasteiger partial charge is 0.0983 e. The summed E-state index contributed by atoms with van der Waals surface area (Å²) in [6.07, 6.45) is 2.19. The van der Waals surface area contributed by atoms with Gasteiger partial charge in [-0.05, 0) is 6.42 Å². The monoisotopic (exact) mass is 206 g/mol. The largest absolute Gasteiger partial charge is 0.387 e. The van der Waals surface area contributed by atoms with Gasteiger partial charge < -0.3 is 10.9 Å². The topological polar surface area (TPSA) is 58.6 Å². The van der Waals surface area contributed by atoms with Gasteiger partial charge in [-0.15, -0.1) is 0 Å². The number of rotatable bonds is 5. The van der Waals surface area contributed by atoms with Crippen molar-refractivity contribution in [1.29, 1.82) is 0 Å². The third-order valence-electron chi connectivity index (χ3n) is 2.36. The number of hydrogen-bond acceptors (Lipinski definition) is 3. The van der Waals surface area contributed by atoms with Crippen LogP contribution in [-0.4, -0.2) is 16.9 Å². The molecule has 1 atom stereocenters. The second-order valence-electron chi connectivity index (χ2n) is 3.54. The number of nitrogens with two attached hydrogens (primary N) is 1. The van der Waals surface area contributed by atoms with Gasteiger partial charge in [-0.25, -0.2) is 0 Å². The molecule has 0 aliphatic carbocycles. The predicted octanol–water partition coefficient (Wildman–Crippen LogP) is 1.90. The van der Waals surface area contributed by atoms with Crippen LogP contribution in [0.15, 0.2) is 35.4 Å². The second-order valence-corrected chi connectivity index (χ2v) is 3.54. The van der Waals surface area contributed by atoms with Crippen LogP contribution in [0.4, 0.5) is 0 Å². The minimum atomic E-state index is -0.558. The highest BCUT2D eigenvalue weighted by molar-refractivity contribution is 6.03. The Balaban J connectivity index is 2.73. The van der Waals surface area contributed by atoms with Crippen LogP contribution in [0, 0.1) is 0 Å². The maximum atomic E-state index is 9.88. The number of benzene rings is 1. The molecule has 15 heavy (non-hydrogen) atoms. The average Bonchev–Trinajstić information content (AvgIpc) is 2.29. The summed E-state index contributed by atoms with van der Waals surface area (Å²) < 4.78 is 0. The SMILES string of the molecule is CCCCC(O)C(=NN)c1ccccc1. The zero-order chi connectivity index (χ0) is 11.1. The first-order chi connectivity index (χ1) is 7.29. The first-order valence-electron chi connectivity index (χ1n) is 5.30. The molecule has 0 fully saturated rings. The molecule has 0 spiro atoms. The van der Waals surface area contributed by atoms with E-state index in [1.54, 1.807) is 0 Å². The van der Waals surface area contributed by atoms with E-state index >= 15 is 0 Å². The summed E-state index contributed by atoms with van der Waals surface area (Å²) in [4.78, 5) is 0. The van der Waals surface area contributed by atoms with E-state index in [0.717, 1.165) is 18.4 Å². The van der Waals surface area contributed by atoms with E-state index < -0.39 is 6.10 Å². The molecule has 3 heteroatoms. The van der Waals surface area contributed by atoms with Crippen molar-refractivity contribution >= 4 is 5.71 Å². The van der Waals surface area contributed by atoms with Crippen LogP contribution in [0.5, 0.6) is 0 Å². The van der Waals surface area contributed by atoms with Crippen molar-refractivity contribution in [3.8, 4) is 0 Å². The Morgan fingerprint density at radius 3 is 2.60 bits per heavy atom. The zero-order valence-corrected chi connectivity index (χ0v) is 9.06. The summed E-state index contributed by atoms with van der Waals surface area (Å²) in [7, 11) is 0. The first kappa shape index (κ1) is 11.7. The van der Waals surface area contributed by atoms with Crippen LogP contribution in [0.2, 0.25) is 0 Å². The molecule has 0 saturated carbocycles. The Hall–Kier alpha value is -1.35. The summed E-state index contributed by atoms with van der Waals surface area (Å²) >= 11 is 0. The molecule has 0 aromatic heterocycles. The number of hydrazone groups is 1. The second kappa shape index (κ2) is 6.19. The normalized spacial score (nSPS) is 13.9. The summed E-state index contributed by atoms with van der Waals surface area (Å²) in [6.45, 7) is 2.09. The van der Waals surface area contributed by atoms with Crippen LogP contribution in [-0.2, 0) is 0 Å². The molecule has 1 rings (SSSR count). The maximum Gasteiger partial charge on any atom is 0.0983 e. The average molecular weight is 206 g/mol. The van der Waals surface area contributed by atoms with Gasteiger partial charge >= 0.3 is 0 Å². The highest BCUT2D eigenvalue weighted by Gasteiger charge is 2.13. The molecule has 3 N–H and O–H groups in total. The zero-order valence-electron chi connectivity index (χ0n) is 9.06. The van der Waals surface area contributed by atoms with Gasteiger partial charge in [-0.3, -0.25) is 0 Å². The van der Waals surface area contributed by atoms with Gasteiger partial charge in [-0.2, -0.15) is 5.10 Å². The van der Waals surface area contributed by atoms with Gasteiger partial charge in [0.25, 0.3) is 0 Å². The van der Waals surface area contributed by atoms with Crippen LogP contribution >= 0.6 is 0 Å². The Morgan fingerprint density at radius 1 is 1.40 bits per heavy atom. The highest BCUT2D eigenvalue weighted by atomic mass is 16.3. The lowest BCUT2D eigenvalue weighted by Gasteiger charge is -2.12. The predicted molar refractivity (Wildman–Crippen MR) is 62.7 cm³/mol. The Morgan fingerprint density at radius 2 is 2.07 bits per heavy atom. The molecule has 1 aromatic carbocycles. The molecule has 1 aromatic rings. The van der Waals surface area contributed by atoms with Gasteiger partial charge in [0, 0.05) is 5.56 Å². The molecular weight excluding hydrogens is 188 g/mol. The van der Waals surface area contributed by atoms with Crippen LogP contribution in [0.1, 0.15) is 31.7 Å². The number of aliphatic hydroxyl groups excluding tert-OH is 1. The van der Waals surface area contributed by atoms with Gasteiger partial charge in [-0.1, -0.05) is 50.1 Å². The summed E-state index contributed by atoms with van der Waals surface area (Å²) in [5.74, 6) is 5.31. The molecule has 0 radical (unpaired) electrons. The summed E-state index contributed by atoms with van der Waals surface area (Å²) in [5.41, 5.74) is 1.47. The van der Waals surface area contributed by atoms with E-state index in [-0.39, 0.29) is 0 Å². The minimum Gasteiger partial charge on any atom is -0.387 e. The summed E-state index contributed by atoms with van der Waals surface area (Å²) in [6, 6.07) is 9.55. The van der Waals surface area contributed by atoms with Gasteiger partial charge in [0.1, 0.15) is 0 Å². The molecular formula is C12H18N2O. The van der Waals surface area contributed by atoms with Crippen molar-refractivity contribution in [2.45, 2.75) is 32.3 Å². The standard InChI is InChI=1S/C12H18N2O/c1-2-3-9-11(15)12(14-13)10-7-5-4-6-8-10/h4-8,11,15H,2-3,9,13H2,1H3. The van der Waals surface area contributed by atoms with Crippen molar-refractivity contribution in [3.63, 3.8) is 0 Å². The van der Waals surface area contributed by atoms with Gasteiger partial charge in [0.2, 0.25) is 0 Å². The number of aliphatic hydroxyl groups is 1. The van der Waals surface area contributed by atoms with Crippen molar-refractivity contribution < 1.29 is 5.11 Å². The van der Waals surface area contributed by atoms with E-state index in [1.807, 2.05) is 30.3 Å². The maximum absolute atomic E-state index is 9.88. The van der Waals surface area contributed by atoms with Crippen molar-refractivity contribution in [3.05, 3.63) is 35.9 Å². The fourth-order valence-corrected chi connectivity index (χ4v) is 1.50. The Kier molecular flexibility index (Phi) is 4.84. The molecule has 0 aliphatic heterocycles. The lowest BCUT2D eigenvalue weighted by Crippen LogP contribution is -2.22. The van der Waals surface area contributed by atoms with Crippen LogP contribution in [0.3, 0.4) is 0 Å². The first-order valence-corrected chi connectivity index (χ1v) is 5.30. The van der Waals surface area contributed by atoms with E-state index in [2.05, 4.69) is 12.0 Å². The van der Waals surface area contributed by atoms with Crippen LogP contribution < -0.4 is 5.84 Å². The quantitative estimate of drug-likeness (QED) is 0.439. The molecule has 1 unspecified atom stereocenters. The van der Waals surface area contributed by atoms with Crippen molar-refractivity contribution in [1.82, 2.24) is 0 Å². The van der Waals surface area contributed by atoms with Crippen LogP contribution in [0.25, 0.3) is 0 Å². The minimum absolute atomic E-state index is 0.558. The lowest BCUT2D eigenvalue weighted by atomic mass is 10.0. The number of unbranched alkanes of at least 4 members (excludes halogenated alkanes) is 1. The fraction of sp³-hybridized carbons (Fsp3) is 0.417. The highest BCUT2D eigenvalue weighted by Crippen LogP contribution is 2.09. The Bertz CT molecular complexity index is 309. The molecule has 0 heterocycles. The molecule has 82 valence electrons. The molecule has 0 bridgehead atoms. The van der Waals surface area contributed by atoms with Gasteiger partial charge in [0.05, 0.1) is 11.8 Å². The third-order valence-corrected chi connectivity index (χ3v) is 2.36. The number of nitrogens with zero attached hydrogens (tertiary/aromatic N) is 1. The summed E-state index contributed by atoms with van der Waals surface area (Å²) in [5, 5.41) is 13.6. The van der Waals surface area contributed by atoms with Gasteiger partial charge in [0.15, 0.2) is 0 Å². The number of hydrogen-bond donors (Lipinski definition) is 2. The molecule has 0 saturated heterocycles. The van der Waals surface area contributed by atoms with E-state index in [4.69, 9.17) is 5.84 Å². The molecule has 3 nitrogen and oxygen atoms in total. The molecule has 0 aliphatic rings.